The number of pyridine rings is 1. The van der Waals surface area contributed by atoms with Crippen molar-refractivity contribution in [1.29, 1.82) is 0 Å². The van der Waals surface area contributed by atoms with Gasteiger partial charge in [-0.15, -0.1) is 0 Å². The number of nitrogens with zero attached hydrogens (tertiary/aromatic N) is 1. The van der Waals surface area contributed by atoms with Gasteiger partial charge in [0.05, 0.1) is 5.92 Å². The molecular weight excluding hydrogens is 253 g/mol. The molecule has 2 rings (SSSR count). The van der Waals surface area contributed by atoms with E-state index in [9.17, 15) is 13.2 Å². The second kappa shape index (κ2) is 5.90. The Labute approximate surface area is 111 Å². The summed E-state index contributed by atoms with van der Waals surface area (Å²) in [4.78, 5) is 4.01. The highest BCUT2D eigenvalue weighted by molar-refractivity contribution is 5.15. The third-order valence-corrected chi connectivity index (χ3v) is 4.02. The minimum atomic E-state index is -4.11. The van der Waals surface area contributed by atoms with Crippen molar-refractivity contribution in [2.75, 3.05) is 7.05 Å². The van der Waals surface area contributed by atoms with Gasteiger partial charge in [0.1, 0.15) is 0 Å². The van der Waals surface area contributed by atoms with E-state index in [2.05, 4.69) is 10.3 Å². The van der Waals surface area contributed by atoms with Crippen LogP contribution in [0.25, 0.3) is 0 Å². The van der Waals surface area contributed by atoms with Gasteiger partial charge in [0.15, 0.2) is 0 Å². The Balaban J connectivity index is 2.25. The summed E-state index contributed by atoms with van der Waals surface area (Å²) in [7, 11) is 1.72. The van der Waals surface area contributed by atoms with Crippen LogP contribution in [-0.2, 0) is 0 Å². The van der Waals surface area contributed by atoms with Gasteiger partial charge < -0.3 is 5.32 Å². The maximum atomic E-state index is 13.2. The molecular formula is C14H19F3N2. The molecule has 0 radical (unpaired) electrons. The highest BCUT2D eigenvalue weighted by Crippen LogP contribution is 2.46. The molecule has 1 heterocycles. The van der Waals surface area contributed by atoms with Crippen LogP contribution in [-0.4, -0.2) is 18.2 Å². The van der Waals surface area contributed by atoms with E-state index in [0.717, 1.165) is 12.0 Å². The summed E-state index contributed by atoms with van der Waals surface area (Å²) >= 11 is 0. The molecule has 0 aromatic carbocycles. The molecule has 1 aromatic heterocycles. The van der Waals surface area contributed by atoms with E-state index >= 15 is 0 Å². The summed E-state index contributed by atoms with van der Waals surface area (Å²) < 4.78 is 39.5. The van der Waals surface area contributed by atoms with Crippen molar-refractivity contribution in [2.24, 2.45) is 11.8 Å². The molecule has 0 saturated heterocycles. The fourth-order valence-electron chi connectivity index (χ4n) is 3.15. The van der Waals surface area contributed by atoms with Crippen molar-refractivity contribution in [2.45, 2.75) is 37.9 Å². The molecule has 1 aromatic rings. The van der Waals surface area contributed by atoms with Crippen LogP contribution in [0, 0.1) is 11.8 Å². The van der Waals surface area contributed by atoms with E-state index < -0.39 is 18.0 Å². The van der Waals surface area contributed by atoms with Gasteiger partial charge in [0.25, 0.3) is 0 Å². The van der Waals surface area contributed by atoms with Gasteiger partial charge in [-0.05, 0) is 37.4 Å². The number of hydrogen-bond acceptors (Lipinski definition) is 2. The smallest absolute Gasteiger partial charge is 0.313 e. The van der Waals surface area contributed by atoms with Crippen LogP contribution in [0.1, 0.15) is 37.3 Å². The monoisotopic (exact) mass is 272 g/mol. The van der Waals surface area contributed by atoms with Gasteiger partial charge in [0.2, 0.25) is 0 Å². The standard InChI is InChI=1S/C14H19F3N2/c1-18-13(10-5-4-8-19-9-10)11-6-2-3-7-12(11)14(15,16)17/h4-5,8-9,11-13,18H,2-3,6-7H2,1H3. The molecule has 3 atom stereocenters. The molecule has 1 saturated carbocycles. The lowest BCUT2D eigenvalue weighted by molar-refractivity contribution is -0.199. The van der Waals surface area contributed by atoms with Crippen LogP contribution in [0.5, 0.6) is 0 Å². The van der Waals surface area contributed by atoms with Crippen LogP contribution in [0.2, 0.25) is 0 Å². The molecule has 0 spiro atoms. The molecule has 0 amide bonds. The van der Waals surface area contributed by atoms with Gasteiger partial charge in [-0.3, -0.25) is 4.98 Å². The molecule has 19 heavy (non-hydrogen) atoms. The van der Waals surface area contributed by atoms with E-state index in [1.54, 1.807) is 25.5 Å². The first-order valence-electron chi connectivity index (χ1n) is 6.68. The van der Waals surface area contributed by atoms with Crippen molar-refractivity contribution < 1.29 is 13.2 Å². The quantitative estimate of drug-likeness (QED) is 0.907. The summed E-state index contributed by atoms with van der Waals surface area (Å²) in [5, 5.41) is 3.05. The molecule has 0 bridgehead atoms. The maximum Gasteiger partial charge on any atom is 0.392 e. The zero-order valence-electron chi connectivity index (χ0n) is 11.0. The number of halogens is 3. The van der Waals surface area contributed by atoms with E-state index in [-0.39, 0.29) is 12.5 Å². The van der Waals surface area contributed by atoms with Gasteiger partial charge in [-0.25, -0.2) is 0 Å². The number of alkyl halides is 3. The molecule has 5 heteroatoms. The minimum Gasteiger partial charge on any atom is -0.313 e. The van der Waals surface area contributed by atoms with Crippen LogP contribution in [0.3, 0.4) is 0 Å². The Bertz CT molecular complexity index is 391. The fourth-order valence-corrected chi connectivity index (χ4v) is 3.15. The summed E-state index contributed by atoms with van der Waals surface area (Å²) in [6.45, 7) is 0. The van der Waals surface area contributed by atoms with Gasteiger partial charge in [-0.2, -0.15) is 13.2 Å². The molecule has 106 valence electrons. The first-order chi connectivity index (χ1) is 9.04. The Hall–Kier alpha value is -1.10. The zero-order chi connectivity index (χ0) is 13.9. The van der Waals surface area contributed by atoms with Crippen molar-refractivity contribution in [3.63, 3.8) is 0 Å². The molecule has 0 aliphatic heterocycles. The van der Waals surface area contributed by atoms with Gasteiger partial charge in [-0.1, -0.05) is 18.9 Å². The van der Waals surface area contributed by atoms with Crippen LogP contribution in [0.15, 0.2) is 24.5 Å². The molecule has 1 N–H and O–H groups in total. The Morgan fingerprint density at radius 2 is 2.05 bits per heavy atom. The van der Waals surface area contributed by atoms with Crippen molar-refractivity contribution in [1.82, 2.24) is 10.3 Å². The summed E-state index contributed by atoms with van der Waals surface area (Å²) in [6, 6.07) is 3.34. The second-order valence-corrected chi connectivity index (χ2v) is 5.15. The van der Waals surface area contributed by atoms with E-state index in [1.165, 1.54) is 0 Å². The third-order valence-electron chi connectivity index (χ3n) is 4.02. The van der Waals surface area contributed by atoms with Crippen LogP contribution < -0.4 is 5.32 Å². The summed E-state index contributed by atoms with van der Waals surface area (Å²) in [5.74, 6) is -1.61. The first kappa shape index (κ1) is 14.3. The molecule has 1 aliphatic carbocycles. The molecule has 3 unspecified atom stereocenters. The van der Waals surface area contributed by atoms with Crippen LogP contribution in [0.4, 0.5) is 13.2 Å². The third kappa shape index (κ3) is 3.26. The van der Waals surface area contributed by atoms with Gasteiger partial charge >= 0.3 is 6.18 Å². The minimum absolute atomic E-state index is 0.243. The largest absolute Gasteiger partial charge is 0.392 e. The van der Waals surface area contributed by atoms with Crippen molar-refractivity contribution in [3.8, 4) is 0 Å². The highest BCUT2D eigenvalue weighted by atomic mass is 19.4. The zero-order valence-corrected chi connectivity index (χ0v) is 11.0. The summed E-state index contributed by atoms with van der Waals surface area (Å²) in [6.07, 6.45) is 1.58. The lowest BCUT2D eigenvalue weighted by Gasteiger charge is -2.38. The number of nitrogens with one attached hydrogen (secondary N) is 1. The lowest BCUT2D eigenvalue weighted by atomic mass is 9.73. The summed E-state index contributed by atoms with van der Waals surface area (Å²) in [5.41, 5.74) is 0.839. The predicted octanol–water partition coefficient (Wildman–Crippen LogP) is 3.71. The topological polar surface area (TPSA) is 24.9 Å². The molecule has 1 fully saturated rings. The highest BCUT2D eigenvalue weighted by Gasteiger charge is 2.47. The molecule has 1 aliphatic rings. The normalized spacial score (nSPS) is 26.1. The average molecular weight is 272 g/mol. The van der Waals surface area contributed by atoms with Crippen LogP contribution >= 0.6 is 0 Å². The van der Waals surface area contributed by atoms with Crippen molar-refractivity contribution >= 4 is 0 Å². The Morgan fingerprint density at radius 3 is 2.63 bits per heavy atom. The predicted molar refractivity (Wildman–Crippen MR) is 67.5 cm³/mol. The van der Waals surface area contributed by atoms with Crippen molar-refractivity contribution in [3.05, 3.63) is 30.1 Å². The first-order valence-corrected chi connectivity index (χ1v) is 6.68. The Kier molecular flexibility index (Phi) is 4.45. The number of rotatable bonds is 3. The number of hydrogen-bond donors (Lipinski definition) is 1. The van der Waals surface area contributed by atoms with Gasteiger partial charge in [0, 0.05) is 18.4 Å². The average Bonchev–Trinajstić information content (AvgIpc) is 2.40. The second-order valence-electron chi connectivity index (χ2n) is 5.15. The number of aromatic nitrogens is 1. The van der Waals surface area contributed by atoms with E-state index in [1.807, 2.05) is 6.07 Å². The SMILES string of the molecule is CNC(c1cccnc1)C1CCCCC1C(F)(F)F. The Morgan fingerprint density at radius 1 is 1.32 bits per heavy atom. The molecule has 2 nitrogen and oxygen atoms in total. The van der Waals surface area contributed by atoms with E-state index in [0.29, 0.717) is 12.8 Å². The lowest BCUT2D eigenvalue weighted by Crippen LogP contribution is -2.39. The fraction of sp³-hybridized carbons (Fsp3) is 0.643. The van der Waals surface area contributed by atoms with E-state index in [4.69, 9.17) is 0 Å². The maximum absolute atomic E-state index is 13.2.